The third-order valence-corrected chi connectivity index (χ3v) is 5.35. The number of urea groups is 1. The van der Waals surface area contributed by atoms with Gasteiger partial charge in [0.2, 0.25) is 0 Å². The Kier molecular flexibility index (Phi) is 4.30. The molecule has 0 aromatic heterocycles. The number of anilines is 2. The molecular weight excluding hydrogens is 334 g/mol. The van der Waals surface area contributed by atoms with Crippen LogP contribution in [0, 0.1) is 0 Å². The highest BCUT2D eigenvalue weighted by Gasteiger charge is 2.45. The summed E-state index contributed by atoms with van der Waals surface area (Å²) in [4.78, 5) is 14.8. The number of amides is 2. The van der Waals surface area contributed by atoms with E-state index in [0.717, 1.165) is 37.2 Å². The first-order valence-electron chi connectivity index (χ1n) is 8.85. The van der Waals surface area contributed by atoms with Gasteiger partial charge in [0, 0.05) is 29.5 Å². The average Bonchev–Trinajstić information content (AvgIpc) is 3.18. The summed E-state index contributed by atoms with van der Waals surface area (Å²) in [5, 5.41) is 6.77. The van der Waals surface area contributed by atoms with E-state index in [9.17, 15) is 4.79 Å². The van der Waals surface area contributed by atoms with Gasteiger partial charge in [0.1, 0.15) is 0 Å². The van der Waals surface area contributed by atoms with Crippen LogP contribution < -0.4 is 15.5 Å². The van der Waals surface area contributed by atoms with Gasteiger partial charge in [-0.05, 0) is 67.6 Å². The van der Waals surface area contributed by atoms with Crippen molar-refractivity contribution in [3.8, 4) is 0 Å². The lowest BCUT2D eigenvalue weighted by Crippen LogP contribution is -2.38. The maximum atomic E-state index is 12.4. The Labute approximate surface area is 153 Å². The molecule has 0 atom stereocenters. The smallest absolute Gasteiger partial charge is 0.319 e. The lowest BCUT2D eigenvalue weighted by Gasteiger charge is -2.20. The van der Waals surface area contributed by atoms with E-state index in [4.69, 9.17) is 11.6 Å². The van der Waals surface area contributed by atoms with E-state index >= 15 is 0 Å². The maximum absolute atomic E-state index is 12.4. The summed E-state index contributed by atoms with van der Waals surface area (Å²) < 4.78 is 0. The summed E-state index contributed by atoms with van der Waals surface area (Å²) in [5.41, 5.74) is 2.90. The minimum Gasteiger partial charge on any atom is -0.372 e. The summed E-state index contributed by atoms with van der Waals surface area (Å²) in [5.74, 6) is 0. The molecule has 4 rings (SSSR count). The molecule has 2 N–H and O–H groups in total. The topological polar surface area (TPSA) is 44.4 Å². The first-order chi connectivity index (χ1) is 12.1. The molecule has 2 amide bonds. The second kappa shape index (κ2) is 6.60. The van der Waals surface area contributed by atoms with Crippen molar-refractivity contribution in [1.82, 2.24) is 5.32 Å². The van der Waals surface area contributed by atoms with E-state index in [1.54, 1.807) is 0 Å². The van der Waals surface area contributed by atoms with Crippen LogP contribution in [0.3, 0.4) is 0 Å². The molecule has 25 heavy (non-hydrogen) atoms. The van der Waals surface area contributed by atoms with E-state index in [0.29, 0.717) is 5.02 Å². The zero-order valence-corrected chi connectivity index (χ0v) is 14.9. The largest absolute Gasteiger partial charge is 0.372 e. The Balaban J connectivity index is 1.38. The fourth-order valence-electron chi connectivity index (χ4n) is 3.49. The van der Waals surface area contributed by atoms with Gasteiger partial charge < -0.3 is 15.5 Å². The Morgan fingerprint density at radius 2 is 1.60 bits per heavy atom. The molecule has 1 saturated carbocycles. The molecule has 0 unspecified atom stereocenters. The van der Waals surface area contributed by atoms with E-state index in [1.165, 1.54) is 18.5 Å². The number of hydrogen-bond donors (Lipinski definition) is 2. The number of hydrogen-bond acceptors (Lipinski definition) is 2. The predicted octanol–water partition coefficient (Wildman–Crippen LogP) is 4.75. The normalized spacial score (nSPS) is 18.0. The van der Waals surface area contributed by atoms with Crippen molar-refractivity contribution in [3.05, 3.63) is 59.1 Å². The summed E-state index contributed by atoms with van der Waals surface area (Å²) in [7, 11) is 0. The van der Waals surface area contributed by atoms with Crippen LogP contribution in [-0.2, 0) is 5.54 Å². The monoisotopic (exact) mass is 355 g/mol. The number of benzene rings is 2. The van der Waals surface area contributed by atoms with Crippen LogP contribution in [0.2, 0.25) is 5.02 Å². The highest BCUT2D eigenvalue weighted by atomic mass is 35.5. The summed E-state index contributed by atoms with van der Waals surface area (Å²) in [6.07, 6.45) is 4.43. The van der Waals surface area contributed by atoms with Gasteiger partial charge in [-0.3, -0.25) is 0 Å². The molecule has 0 radical (unpaired) electrons. The molecule has 5 heteroatoms. The molecule has 1 heterocycles. The summed E-state index contributed by atoms with van der Waals surface area (Å²) >= 11 is 5.95. The first-order valence-corrected chi connectivity index (χ1v) is 9.23. The van der Waals surface area contributed by atoms with Crippen molar-refractivity contribution in [2.45, 2.75) is 31.2 Å². The van der Waals surface area contributed by atoms with Gasteiger partial charge in [0.25, 0.3) is 0 Å². The van der Waals surface area contributed by atoms with Crippen LogP contribution >= 0.6 is 11.6 Å². The highest BCUT2D eigenvalue weighted by molar-refractivity contribution is 6.30. The summed E-state index contributed by atoms with van der Waals surface area (Å²) in [6, 6.07) is 15.6. The second-order valence-corrected chi connectivity index (χ2v) is 7.35. The van der Waals surface area contributed by atoms with E-state index in [2.05, 4.69) is 27.7 Å². The van der Waals surface area contributed by atoms with Crippen molar-refractivity contribution in [3.63, 3.8) is 0 Å². The Morgan fingerprint density at radius 1 is 0.960 bits per heavy atom. The zero-order valence-electron chi connectivity index (χ0n) is 14.1. The van der Waals surface area contributed by atoms with Crippen LogP contribution in [0.4, 0.5) is 16.2 Å². The van der Waals surface area contributed by atoms with Crippen molar-refractivity contribution in [2.24, 2.45) is 0 Å². The minimum absolute atomic E-state index is 0.165. The van der Waals surface area contributed by atoms with Gasteiger partial charge >= 0.3 is 6.03 Å². The molecule has 1 aliphatic carbocycles. The molecule has 4 nitrogen and oxygen atoms in total. The molecule has 0 spiro atoms. The number of carbonyl (C=O) groups excluding carboxylic acids is 1. The lowest BCUT2D eigenvalue weighted by molar-refractivity contribution is 0.247. The molecule has 2 aliphatic rings. The van der Waals surface area contributed by atoms with Gasteiger partial charge in [-0.2, -0.15) is 0 Å². The fourth-order valence-corrected chi connectivity index (χ4v) is 3.62. The van der Waals surface area contributed by atoms with Gasteiger partial charge in [-0.25, -0.2) is 4.79 Å². The van der Waals surface area contributed by atoms with Gasteiger partial charge in [-0.1, -0.05) is 23.7 Å². The van der Waals surface area contributed by atoms with Crippen LogP contribution in [0.25, 0.3) is 0 Å². The highest BCUT2D eigenvalue weighted by Crippen LogP contribution is 2.45. The Bertz CT molecular complexity index is 748. The van der Waals surface area contributed by atoms with Crippen molar-refractivity contribution >= 4 is 29.0 Å². The third kappa shape index (κ3) is 3.59. The molecule has 2 fully saturated rings. The van der Waals surface area contributed by atoms with Crippen LogP contribution in [0.5, 0.6) is 0 Å². The zero-order chi connectivity index (χ0) is 17.3. The van der Waals surface area contributed by atoms with Crippen LogP contribution in [-0.4, -0.2) is 19.1 Å². The third-order valence-electron chi connectivity index (χ3n) is 5.10. The minimum atomic E-state index is -0.246. The van der Waals surface area contributed by atoms with E-state index in [1.807, 2.05) is 36.4 Å². The average molecular weight is 356 g/mol. The van der Waals surface area contributed by atoms with E-state index < -0.39 is 0 Å². The quantitative estimate of drug-likeness (QED) is 0.831. The first kappa shape index (κ1) is 16.3. The number of nitrogens with one attached hydrogen (secondary N) is 2. The van der Waals surface area contributed by atoms with Crippen molar-refractivity contribution in [2.75, 3.05) is 23.3 Å². The number of rotatable bonds is 4. The summed E-state index contributed by atoms with van der Waals surface area (Å²) in [6.45, 7) is 2.24. The van der Waals surface area contributed by atoms with Gasteiger partial charge in [0.05, 0.1) is 5.54 Å². The maximum Gasteiger partial charge on any atom is 0.319 e. The molecule has 2 aromatic rings. The molecule has 2 aromatic carbocycles. The van der Waals surface area contributed by atoms with Gasteiger partial charge in [-0.15, -0.1) is 0 Å². The van der Waals surface area contributed by atoms with Crippen molar-refractivity contribution < 1.29 is 4.79 Å². The standard InChI is InChI=1S/C20H22ClN3O/c21-16-5-3-15(4-6-16)20(11-12-20)23-19(25)22-17-7-9-18(10-8-17)24-13-1-2-14-24/h3-10H,1-2,11-14H2,(H2,22,23,25). The second-order valence-electron chi connectivity index (χ2n) is 6.91. The SMILES string of the molecule is O=C(Nc1ccc(N2CCCC2)cc1)NC1(c2ccc(Cl)cc2)CC1. The molecule has 1 saturated heterocycles. The predicted molar refractivity (Wildman–Crippen MR) is 102 cm³/mol. The Morgan fingerprint density at radius 3 is 2.20 bits per heavy atom. The number of nitrogens with zero attached hydrogens (tertiary/aromatic N) is 1. The van der Waals surface area contributed by atoms with E-state index in [-0.39, 0.29) is 11.6 Å². The lowest BCUT2D eigenvalue weighted by atomic mass is 10.1. The van der Waals surface area contributed by atoms with Crippen LogP contribution in [0.15, 0.2) is 48.5 Å². The molecule has 130 valence electrons. The van der Waals surface area contributed by atoms with Crippen LogP contribution in [0.1, 0.15) is 31.2 Å². The van der Waals surface area contributed by atoms with Gasteiger partial charge in [0.15, 0.2) is 0 Å². The molecule has 0 bridgehead atoms. The fraction of sp³-hybridized carbons (Fsp3) is 0.350. The molecular formula is C20H22ClN3O. The number of carbonyl (C=O) groups is 1. The number of halogens is 1. The Hall–Kier alpha value is -2.20. The van der Waals surface area contributed by atoms with Crippen molar-refractivity contribution in [1.29, 1.82) is 0 Å². The molecule has 1 aliphatic heterocycles.